The number of nitrogens with zero attached hydrogens (tertiary/aromatic N) is 1. The smallest absolute Gasteiger partial charge is 0.349 e. The lowest BCUT2D eigenvalue weighted by Crippen LogP contribution is -2.40. The molecule has 4 rings (SSSR count). The summed E-state index contributed by atoms with van der Waals surface area (Å²) < 4.78 is 10.7. The van der Waals surface area contributed by atoms with Crippen LogP contribution in [0.15, 0.2) is 51.0 Å². The van der Waals surface area contributed by atoms with E-state index < -0.39 is 5.63 Å². The van der Waals surface area contributed by atoms with Gasteiger partial charge in [-0.25, -0.2) is 4.79 Å². The number of hydrogen-bond acceptors (Lipinski definition) is 5. The molecule has 1 saturated carbocycles. The summed E-state index contributed by atoms with van der Waals surface area (Å²) in [5.74, 6) is 0.226. The number of benzene rings is 1. The van der Waals surface area contributed by atoms with Crippen molar-refractivity contribution in [1.82, 2.24) is 4.90 Å². The van der Waals surface area contributed by atoms with Gasteiger partial charge in [-0.3, -0.25) is 4.79 Å². The van der Waals surface area contributed by atoms with E-state index in [-0.39, 0.29) is 17.5 Å². The lowest BCUT2D eigenvalue weighted by atomic mass is 10.1. The number of rotatable bonds is 5. The highest BCUT2D eigenvalue weighted by Gasteiger charge is 2.30. The Labute approximate surface area is 161 Å². The van der Waals surface area contributed by atoms with Crippen LogP contribution in [0.5, 0.6) is 5.75 Å². The average Bonchev–Trinajstić information content (AvgIpc) is 3.38. The van der Waals surface area contributed by atoms with Gasteiger partial charge in [0.15, 0.2) is 11.3 Å². The monoisotopic (exact) mass is 383 g/mol. The number of ether oxygens (including phenoxy) is 1. The number of para-hydroxylation sites is 1. The van der Waals surface area contributed by atoms with Crippen molar-refractivity contribution in [2.45, 2.75) is 38.3 Å². The van der Waals surface area contributed by atoms with Crippen LogP contribution in [0.3, 0.4) is 0 Å². The minimum Gasteiger partial charge on any atom is -0.493 e. The second-order valence-corrected chi connectivity index (χ2v) is 7.81. The Bertz CT molecular complexity index is 1000. The lowest BCUT2D eigenvalue weighted by Gasteiger charge is -2.28. The molecule has 0 N–H and O–H groups in total. The van der Waals surface area contributed by atoms with Crippen molar-refractivity contribution in [1.29, 1.82) is 0 Å². The van der Waals surface area contributed by atoms with Gasteiger partial charge in [-0.1, -0.05) is 31.0 Å². The summed E-state index contributed by atoms with van der Waals surface area (Å²) in [6.45, 7) is 0.525. The molecule has 0 atom stereocenters. The minimum atomic E-state index is -0.619. The quantitative estimate of drug-likeness (QED) is 0.611. The molecule has 1 aliphatic carbocycles. The maximum absolute atomic E-state index is 13.3. The molecule has 6 heteroatoms. The molecular weight excluding hydrogens is 362 g/mol. The van der Waals surface area contributed by atoms with Crippen LogP contribution in [0.1, 0.15) is 40.9 Å². The van der Waals surface area contributed by atoms with Gasteiger partial charge in [-0.2, -0.15) is 0 Å². The van der Waals surface area contributed by atoms with Crippen molar-refractivity contribution in [2.24, 2.45) is 0 Å². The molecule has 140 valence electrons. The van der Waals surface area contributed by atoms with Crippen molar-refractivity contribution < 1.29 is 13.9 Å². The van der Waals surface area contributed by atoms with Crippen LogP contribution in [0.25, 0.3) is 11.0 Å². The summed E-state index contributed by atoms with van der Waals surface area (Å²) in [6.07, 6.45) is 4.18. The average molecular weight is 383 g/mol. The van der Waals surface area contributed by atoms with Crippen molar-refractivity contribution >= 4 is 28.2 Å². The number of amides is 1. The van der Waals surface area contributed by atoms with Crippen molar-refractivity contribution in [3.8, 4) is 5.75 Å². The van der Waals surface area contributed by atoms with E-state index in [1.165, 1.54) is 7.11 Å². The van der Waals surface area contributed by atoms with E-state index in [2.05, 4.69) is 0 Å². The third-order valence-electron chi connectivity index (χ3n) is 5.11. The molecule has 2 aromatic heterocycles. The highest BCUT2D eigenvalue weighted by atomic mass is 32.1. The maximum atomic E-state index is 13.3. The Kier molecular flexibility index (Phi) is 4.99. The van der Waals surface area contributed by atoms with E-state index in [0.717, 1.165) is 30.6 Å². The predicted octanol–water partition coefficient (Wildman–Crippen LogP) is 4.45. The van der Waals surface area contributed by atoms with E-state index in [4.69, 9.17) is 9.15 Å². The first-order valence-electron chi connectivity index (χ1n) is 9.11. The second-order valence-electron chi connectivity index (χ2n) is 6.78. The van der Waals surface area contributed by atoms with Gasteiger partial charge >= 0.3 is 5.63 Å². The Morgan fingerprint density at radius 2 is 2.07 bits per heavy atom. The molecule has 1 aromatic carbocycles. The van der Waals surface area contributed by atoms with Crippen LogP contribution in [0.2, 0.25) is 0 Å². The standard InChI is InChI=1S/C21H21NO4S/c1-25-18-10-4-6-14-12-17(21(24)26-19(14)18)20(23)22(15-7-2-3-8-15)13-16-9-5-11-27-16/h4-6,9-12,15H,2-3,7-8,13H2,1H3. The first-order chi connectivity index (χ1) is 13.2. The van der Waals surface area contributed by atoms with E-state index in [1.807, 2.05) is 34.5 Å². The normalized spacial score (nSPS) is 14.6. The van der Waals surface area contributed by atoms with E-state index in [9.17, 15) is 9.59 Å². The van der Waals surface area contributed by atoms with Gasteiger partial charge in [0.2, 0.25) is 0 Å². The topological polar surface area (TPSA) is 59.8 Å². The Hall–Kier alpha value is -2.60. The molecule has 2 heterocycles. The molecule has 0 saturated heterocycles. The Morgan fingerprint density at radius 3 is 2.78 bits per heavy atom. The first-order valence-corrected chi connectivity index (χ1v) is 9.99. The molecular formula is C21H21NO4S. The summed E-state index contributed by atoms with van der Waals surface area (Å²) in [4.78, 5) is 28.9. The summed E-state index contributed by atoms with van der Waals surface area (Å²) in [5.41, 5.74) is -0.169. The van der Waals surface area contributed by atoms with Crippen molar-refractivity contribution in [3.63, 3.8) is 0 Å². The molecule has 27 heavy (non-hydrogen) atoms. The second kappa shape index (κ2) is 7.56. The summed E-state index contributed by atoms with van der Waals surface area (Å²) in [5, 5.41) is 2.68. The van der Waals surface area contributed by atoms with Crippen LogP contribution in [-0.2, 0) is 6.54 Å². The van der Waals surface area contributed by atoms with E-state index >= 15 is 0 Å². The number of thiophene rings is 1. The van der Waals surface area contributed by atoms with Gasteiger partial charge in [0.1, 0.15) is 5.56 Å². The third-order valence-corrected chi connectivity index (χ3v) is 5.97. The fourth-order valence-corrected chi connectivity index (χ4v) is 4.44. The summed E-state index contributed by atoms with van der Waals surface area (Å²) in [6, 6.07) is 11.2. The first kappa shape index (κ1) is 17.8. The molecule has 0 bridgehead atoms. The fourth-order valence-electron chi connectivity index (χ4n) is 3.74. The molecule has 1 fully saturated rings. The molecule has 0 spiro atoms. The van der Waals surface area contributed by atoms with Crippen LogP contribution < -0.4 is 10.4 Å². The van der Waals surface area contributed by atoms with Gasteiger partial charge in [0.25, 0.3) is 5.91 Å². The molecule has 1 amide bonds. The number of methoxy groups -OCH3 is 1. The van der Waals surface area contributed by atoms with E-state index in [1.54, 1.807) is 23.5 Å². The largest absolute Gasteiger partial charge is 0.493 e. The van der Waals surface area contributed by atoms with Crippen LogP contribution >= 0.6 is 11.3 Å². The molecule has 5 nitrogen and oxygen atoms in total. The van der Waals surface area contributed by atoms with Crippen LogP contribution in [0, 0.1) is 0 Å². The number of carbonyl (C=O) groups excluding carboxylic acids is 1. The maximum Gasteiger partial charge on any atom is 0.349 e. The van der Waals surface area contributed by atoms with E-state index in [0.29, 0.717) is 23.3 Å². The molecule has 1 aliphatic rings. The number of fused-ring (bicyclic) bond motifs is 1. The molecule has 0 aliphatic heterocycles. The van der Waals surface area contributed by atoms with Gasteiger partial charge in [0.05, 0.1) is 13.7 Å². The zero-order valence-corrected chi connectivity index (χ0v) is 16.0. The zero-order valence-electron chi connectivity index (χ0n) is 15.1. The highest BCUT2D eigenvalue weighted by molar-refractivity contribution is 7.09. The minimum absolute atomic E-state index is 0.0826. The Balaban J connectivity index is 1.74. The van der Waals surface area contributed by atoms with Gasteiger partial charge in [0, 0.05) is 16.3 Å². The molecule has 3 aromatic rings. The summed E-state index contributed by atoms with van der Waals surface area (Å²) >= 11 is 1.62. The third kappa shape index (κ3) is 3.49. The number of hydrogen-bond donors (Lipinski definition) is 0. The number of carbonyl (C=O) groups is 1. The molecule has 0 unspecified atom stereocenters. The Morgan fingerprint density at radius 1 is 1.26 bits per heavy atom. The zero-order chi connectivity index (χ0) is 18.8. The van der Waals surface area contributed by atoms with Crippen molar-refractivity contribution in [2.75, 3.05) is 7.11 Å². The van der Waals surface area contributed by atoms with Gasteiger partial charge in [-0.05, 0) is 36.4 Å². The van der Waals surface area contributed by atoms with Crippen LogP contribution in [0.4, 0.5) is 0 Å². The highest BCUT2D eigenvalue weighted by Crippen LogP contribution is 2.29. The van der Waals surface area contributed by atoms with Gasteiger partial charge < -0.3 is 14.1 Å². The fraction of sp³-hybridized carbons (Fsp3) is 0.333. The van der Waals surface area contributed by atoms with Crippen molar-refractivity contribution in [3.05, 3.63) is 62.6 Å². The molecule has 0 radical (unpaired) electrons. The predicted molar refractivity (Wildman–Crippen MR) is 105 cm³/mol. The summed E-state index contributed by atoms with van der Waals surface area (Å²) in [7, 11) is 1.52. The van der Waals surface area contributed by atoms with Gasteiger partial charge in [-0.15, -0.1) is 11.3 Å². The SMILES string of the molecule is COc1cccc2cc(C(=O)N(Cc3cccs3)C3CCCC3)c(=O)oc12. The van der Waals surface area contributed by atoms with Crippen LogP contribution in [-0.4, -0.2) is 24.0 Å². The lowest BCUT2D eigenvalue weighted by molar-refractivity contribution is 0.0662.